The Morgan fingerprint density at radius 2 is 1.92 bits per heavy atom. The zero-order valence-corrected chi connectivity index (χ0v) is 14.9. The van der Waals surface area contributed by atoms with Crippen molar-refractivity contribution in [2.75, 3.05) is 20.7 Å². The highest BCUT2D eigenvalue weighted by atomic mass is 16.5. The fraction of sp³-hybridized carbons (Fsp3) is 0.389. The van der Waals surface area contributed by atoms with Gasteiger partial charge in [-0.2, -0.15) is 5.10 Å². The van der Waals surface area contributed by atoms with E-state index in [4.69, 9.17) is 4.74 Å². The number of ether oxygens (including phenoxy) is 1. The SMILES string of the molecule is CNC(C(=O)NCC(C(=O)OC)c1ccc(C)cc1)c1cnn(C)c1. The van der Waals surface area contributed by atoms with Crippen LogP contribution in [0.3, 0.4) is 0 Å². The van der Waals surface area contributed by atoms with Crippen molar-refractivity contribution in [3.63, 3.8) is 0 Å². The molecule has 1 aromatic heterocycles. The number of hydrogen-bond donors (Lipinski definition) is 2. The summed E-state index contributed by atoms with van der Waals surface area (Å²) in [6.45, 7) is 2.14. The normalized spacial score (nSPS) is 13.1. The van der Waals surface area contributed by atoms with Crippen LogP contribution in [0.4, 0.5) is 0 Å². The summed E-state index contributed by atoms with van der Waals surface area (Å²) in [6, 6.07) is 7.07. The van der Waals surface area contributed by atoms with Gasteiger partial charge >= 0.3 is 5.97 Å². The van der Waals surface area contributed by atoms with Crippen LogP contribution in [0.5, 0.6) is 0 Å². The number of aryl methyl sites for hydroxylation is 2. The molecule has 0 fully saturated rings. The predicted molar refractivity (Wildman–Crippen MR) is 94.0 cm³/mol. The van der Waals surface area contributed by atoms with Crippen molar-refractivity contribution in [3.05, 3.63) is 53.3 Å². The fourth-order valence-electron chi connectivity index (χ4n) is 2.62. The van der Waals surface area contributed by atoms with E-state index in [1.807, 2.05) is 31.2 Å². The highest BCUT2D eigenvalue weighted by molar-refractivity contribution is 5.84. The highest BCUT2D eigenvalue weighted by Crippen LogP contribution is 2.18. The molecule has 2 atom stereocenters. The average Bonchev–Trinajstić information content (AvgIpc) is 3.03. The number of benzene rings is 1. The van der Waals surface area contributed by atoms with Crippen LogP contribution in [0.1, 0.15) is 28.7 Å². The Kier molecular flexibility index (Phi) is 6.30. The van der Waals surface area contributed by atoms with E-state index in [0.29, 0.717) is 0 Å². The Morgan fingerprint density at radius 1 is 1.24 bits per heavy atom. The Hall–Kier alpha value is -2.67. The third-order valence-electron chi connectivity index (χ3n) is 4.05. The molecule has 2 aromatic rings. The molecule has 7 heteroatoms. The largest absolute Gasteiger partial charge is 0.468 e. The van der Waals surface area contributed by atoms with Crippen LogP contribution < -0.4 is 10.6 Å². The maximum atomic E-state index is 12.5. The monoisotopic (exact) mass is 344 g/mol. The van der Waals surface area contributed by atoms with Gasteiger partial charge in [-0.15, -0.1) is 0 Å². The number of carbonyl (C=O) groups excluding carboxylic acids is 2. The van der Waals surface area contributed by atoms with Crippen LogP contribution in [0.25, 0.3) is 0 Å². The molecule has 0 aliphatic carbocycles. The Bertz CT molecular complexity index is 724. The van der Waals surface area contributed by atoms with E-state index < -0.39 is 12.0 Å². The molecule has 0 aliphatic heterocycles. The van der Waals surface area contributed by atoms with Gasteiger partial charge in [0.1, 0.15) is 6.04 Å². The summed E-state index contributed by atoms with van der Waals surface area (Å²) in [5, 5.41) is 9.88. The van der Waals surface area contributed by atoms with Gasteiger partial charge in [0.15, 0.2) is 0 Å². The van der Waals surface area contributed by atoms with Gasteiger partial charge in [0, 0.05) is 25.4 Å². The molecular formula is C18H24N4O3. The maximum absolute atomic E-state index is 12.5. The van der Waals surface area contributed by atoms with Crippen LogP contribution in [-0.2, 0) is 21.4 Å². The molecule has 0 spiro atoms. The van der Waals surface area contributed by atoms with Crippen molar-refractivity contribution in [2.24, 2.45) is 7.05 Å². The molecule has 0 saturated heterocycles. The van der Waals surface area contributed by atoms with Crippen molar-refractivity contribution < 1.29 is 14.3 Å². The number of hydrogen-bond acceptors (Lipinski definition) is 5. The molecule has 1 aromatic carbocycles. The van der Waals surface area contributed by atoms with E-state index in [1.165, 1.54) is 7.11 Å². The van der Waals surface area contributed by atoms with Gasteiger partial charge in [-0.05, 0) is 19.5 Å². The molecule has 0 aliphatic rings. The minimum Gasteiger partial charge on any atom is -0.468 e. The van der Waals surface area contributed by atoms with E-state index in [1.54, 1.807) is 31.2 Å². The minimum atomic E-state index is -0.555. The second kappa shape index (κ2) is 8.43. The summed E-state index contributed by atoms with van der Waals surface area (Å²) in [7, 11) is 4.84. The lowest BCUT2D eigenvalue weighted by molar-refractivity contribution is -0.142. The van der Waals surface area contributed by atoms with Crippen molar-refractivity contribution in [2.45, 2.75) is 18.9 Å². The van der Waals surface area contributed by atoms with Crippen LogP contribution in [0, 0.1) is 6.92 Å². The van der Waals surface area contributed by atoms with E-state index in [2.05, 4.69) is 15.7 Å². The number of aromatic nitrogens is 2. The van der Waals surface area contributed by atoms with Crippen molar-refractivity contribution in [3.8, 4) is 0 Å². The molecule has 134 valence electrons. The van der Waals surface area contributed by atoms with Crippen LogP contribution >= 0.6 is 0 Å². The van der Waals surface area contributed by atoms with Gasteiger partial charge in [-0.3, -0.25) is 14.3 Å². The molecule has 0 radical (unpaired) electrons. The lowest BCUT2D eigenvalue weighted by atomic mass is 9.98. The molecule has 1 amide bonds. The maximum Gasteiger partial charge on any atom is 0.314 e. The Balaban J connectivity index is 2.09. The predicted octanol–water partition coefficient (Wildman–Crippen LogP) is 1.06. The number of nitrogens with zero attached hydrogens (tertiary/aromatic N) is 2. The van der Waals surface area contributed by atoms with Crippen LogP contribution in [0.2, 0.25) is 0 Å². The molecule has 7 nitrogen and oxygen atoms in total. The van der Waals surface area contributed by atoms with Gasteiger partial charge < -0.3 is 15.4 Å². The van der Waals surface area contributed by atoms with Crippen LogP contribution in [-0.4, -0.2) is 42.4 Å². The number of nitrogens with one attached hydrogen (secondary N) is 2. The van der Waals surface area contributed by atoms with E-state index in [-0.39, 0.29) is 18.4 Å². The number of rotatable bonds is 7. The zero-order valence-electron chi connectivity index (χ0n) is 14.9. The molecule has 2 unspecified atom stereocenters. The smallest absolute Gasteiger partial charge is 0.314 e. The average molecular weight is 344 g/mol. The Labute approximate surface area is 147 Å². The third-order valence-corrected chi connectivity index (χ3v) is 4.05. The molecule has 2 rings (SSSR count). The second-order valence-electron chi connectivity index (χ2n) is 5.90. The molecule has 1 heterocycles. The first kappa shape index (κ1) is 18.7. The van der Waals surface area contributed by atoms with Gasteiger partial charge in [0.2, 0.25) is 5.91 Å². The van der Waals surface area contributed by atoms with E-state index in [9.17, 15) is 9.59 Å². The molecule has 0 bridgehead atoms. The highest BCUT2D eigenvalue weighted by Gasteiger charge is 2.25. The number of carbonyl (C=O) groups is 2. The lowest BCUT2D eigenvalue weighted by Gasteiger charge is -2.19. The van der Waals surface area contributed by atoms with Crippen molar-refractivity contribution in [1.29, 1.82) is 0 Å². The quantitative estimate of drug-likeness (QED) is 0.734. The van der Waals surface area contributed by atoms with Crippen molar-refractivity contribution in [1.82, 2.24) is 20.4 Å². The second-order valence-corrected chi connectivity index (χ2v) is 5.90. The summed E-state index contributed by atoms with van der Waals surface area (Å²) in [6.07, 6.45) is 3.41. The topological polar surface area (TPSA) is 85.2 Å². The summed E-state index contributed by atoms with van der Waals surface area (Å²) >= 11 is 0. The van der Waals surface area contributed by atoms with E-state index in [0.717, 1.165) is 16.7 Å². The van der Waals surface area contributed by atoms with Gasteiger partial charge in [-0.25, -0.2) is 0 Å². The summed E-state index contributed by atoms with van der Waals surface area (Å²) in [5.41, 5.74) is 2.66. The van der Waals surface area contributed by atoms with E-state index >= 15 is 0 Å². The first-order valence-electron chi connectivity index (χ1n) is 8.04. The summed E-state index contributed by atoms with van der Waals surface area (Å²) < 4.78 is 6.52. The van der Waals surface area contributed by atoms with Gasteiger partial charge in [-0.1, -0.05) is 29.8 Å². The minimum absolute atomic E-state index is 0.160. The molecule has 2 N–H and O–H groups in total. The number of likely N-dealkylation sites (N-methyl/N-ethyl adjacent to an activating group) is 1. The fourth-order valence-corrected chi connectivity index (χ4v) is 2.62. The third kappa shape index (κ3) is 4.67. The standard InChI is InChI=1S/C18H24N4O3/c1-12-5-7-13(8-6-12)15(18(24)25-4)10-20-17(23)16(19-2)14-9-21-22(3)11-14/h5-9,11,15-16,19H,10H2,1-4H3,(H,20,23). The molecule has 25 heavy (non-hydrogen) atoms. The zero-order chi connectivity index (χ0) is 18.4. The van der Waals surface area contributed by atoms with Gasteiger partial charge in [0.25, 0.3) is 0 Å². The van der Waals surface area contributed by atoms with Crippen molar-refractivity contribution >= 4 is 11.9 Å². The summed E-state index contributed by atoms with van der Waals surface area (Å²) in [4.78, 5) is 24.6. The molecular weight excluding hydrogens is 320 g/mol. The lowest BCUT2D eigenvalue weighted by Crippen LogP contribution is -2.39. The Morgan fingerprint density at radius 3 is 2.44 bits per heavy atom. The number of esters is 1. The first-order valence-corrected chi connectivity index (χ1v) is 8.04. The molecule has 0 saturated carbocycles. The number of amides is 1. The van der Waals surface area contributed by atoms with Gasteiger partial charge in [0.05, 0.1) is 19.2 Å². The van der Waals surface area contributed by atoms with Crippen LogP contribution in [0.15, 0.2) is 36.7 Å². The number of methoxy groups -OCH3 is 1. The first-order chi connectivity index (χ1) is 12.0. The summed E-state index contributed by atoms with van der Waals surface area (Å²) in [5.74, 6) is -1.16.